The van der Waals surface area contributed by atoms with Gasteiger partial charge >= 0.3 is 5.97 Å². The lowest BCUT2D eigenvalue weighted by Gasteiger charge is -2.16. The van der Waals surface area contributed by atoms with Gasteiger partial charge in [-0.3, -0.25) is 0 Å². The zero-order valence-corrected chi connectivity index (χ0v) is 12.8. The predicted molar refractivity (Wildman–Crippen MR) is 84.7 cm³/mol. The van der Waals surface area contributed by atoms with E-state index in [1.807, 2.05) is 26.0 Å². The van der Waals surface area contributed by atoms with Crippen LogP contribution in [0.1, 0.15) is 21.5 Å². The van der Waals surface area contributed by atoms with Gasteiger partial charge in [0.2, 0.25) is 0 Å². The molecule has 2 rings (SSSR count). The molecular formula is C15H15BrN2O2. The third kappa shape index (κ3) is 2.77. The third-order valence-electron chi connectivity index (χ3n) is 3.07. The summed E-state index contributed by atoms with van der Waals surface area (Å²) in [5.41, 5.74) is 9.78. The van der Waals surface area contributed by atoms with E-state index in [4.69, 9.17) is 5.73 Å². The van der Waals surface area contributed by atoms with Crippen molar-refractivity contribution in [2.45, 2.75) is 13.8 Å². The Bertz CT molecular complexity index is 661. The molecule has 0 atom stereocenters. The Morgan fingerprint density at radius 2 is 1.80 bits per heavy atom. The summed E-state index contributed by atoms with van der Waals surface area (Å²) in [6.07, 6.45) is 0. The molecule has 2 aromatic carbocycles. The minimum atomic E-state index is -1.01. The van der Waals surface area contributed by atoms with Gasteiger partial charge in [-0.25, -0.2) is 4.79 Å². The molecule has 2 aromatic rings. The smallest absolute Gasteiger partial charge is 0.337 e. The second-order valence-corrected chi connectivity index (χ2v) is 5.53. The maximum atomic E-state index is 11.3. The van der Waals surface area contributed by atoms with Crippen molar-refractivity contribution >= 4 is 39.0 Å². The van der Waals surface area contributed by atoms with Crippen molar-refractivity contribution in [1.82, 2.24) is 0 Å². The lowest BCUT2D eigenvalue weighted by molar-refractivity contribution is 0.0698. The maximum Gasteiger partial charge on any atom is 0.337 e. The van der Waals surface area contributed by atoms with E-state index in [1.165, 1.54) is 6.07 Å². The fourth-order valence-corrected chi connectivity index (χ4v) is 2.81. The van der Waals surface area contributed by atoms with Crippen molar-refractivity contribution < 1.29 is 9.90 Å². The van der Waals surface area contributed by atoms with Crippen molar-refractivity contribution in [3.63, 3.8) is 0 Å². The average molecular weight is 335 g/mol. The van der Waals surface area contributed by atoms with Gasteiger partial charge in [-0.05, 0) is 49.2 Å². The van der Waals surface area contributed by atoms with Gasteiger partial charge in [-0.2, -0.15) is 0 Å². The molecule has 0 saturated carbocycles. The number of benzene rings is 2. The Hall–Kier alpha value is -2.01. The van der Waals surface area contributed by atoms with E-state index < -0.39 is 5.97 Å². The SMILES string of the molecule is Cc1cc(Br)cc(C)c1Nc1c(N)cccc1C(=O)O. The largest absolute Gasteiger partial charge is 0.478 e. The van der Waals surface area contributed by atoms with Crippen LogP contribution >= 0.6 is 15.9 Å². The molecule has 104 valence electrons. The molecule has 0 aliphatic carbocycles. The molecule has 0 spiro atoms. The van der Waals surface area contributed by atoms with Crippen molar-refractivity contribution in [2.75, 3.05) is 11.1 Å². The Morgan fingerprint density at radius 1 is 1.20 bits per heavy atom. The summed E-state index contributed by atoms with van der Waals surface area (Å²) in [4.78, 5) is 11.3. The normalized spacial score (nSPS) is 10.3. The van der Waals surface area contributed by atoms with Crippen molar-refractivity contribution in [3.05, 3.63) is 51.5 Å². The molecule has 0 fully saturated rings. The van der Waals surface area contributed by atoms with E-state index in [9.17, 15) is 9.90 Å². The summed E-state index contributed by atoms with van der Waals surface area (Å²) in [5, 5.41) is 12.4. The van der Waals surface area contributed by atoms with Gasteiger partial charge < -0.3 is 16.2 Å². The second-order valence-electron chi connectivity index (χ2n) is 4.61. The molecule has 0 saturated heterocycles. The molecule has 5 heteroatoms. The number of aryl methyl sites for hydroxylation is 2. The molecule has 0 radical (unpaired) electrons. The minimum Gasteiger partial charge on any atom is -0.478 e. The van der Waals surface area contributed by atoms with E-state index in [1.54, 1.807) is 12.1 Å². The number of aromatic carboxylic acids is 1. The van der Waals surface area contributed by atoms with Gasteiger partial charge in [0.25, 0.3) is 0 Å². The van der Waals surface area contributed by atoms with E-state index in [-0.39, 0.29) is 5.56 Å². The standard InChI is InChI=1S/C15H15BrN2O2/c1-8-6-10(16)7-9(2)13(8)18-14-11(15(19)20)4-3-5-12(14)17/h3-7,18H,17H2,1-2H3,(H,19,20). The number of hydrogen-bond acceptors (Lipinski definition) is 3. The molecule has 0 unspecified atom stereocenters. The molecule has 0 aliphatic heterocycles. The summed E-state index contributed by atoms with van der Waals surface area (Å²) >= 11 is 3.44. The number of nitrogen functional groups attached to an aromatic ring is 1. The van der Waals surface area contributed by atoms with Gasteiger partial charge in [0.15, 0.2) is 0 Å². The summed E-state index contributed by atoms with van der Waals surface area (Å²) in [5.74, 6) is -1.01. The summed E-state index contributed by atoms with van der Waals surface area (Å²) in [6.45, 7) is 3.92. The molecular weight excluding hydrogens is 320 g/mol. The third-order valence-corrected chi connectivity index (χ3v) is 3.53. The summed E-state index contributed by atoms with van der Waals surface area (Å²) in [6, 6.07) is 8.78. The Kier molecular flexibility index (Phi) is 3.99. The number of para-hydroxylation sites is 1. The highest BCUT2D eigenvalue weighted by atomic mass is 79.9. The number of anilines is 3. The van der Waals surface area contributed by atoms with Crippen LogP contribution in [0.5, 0.6) is 0 Å². The lowest BCUT2D eigenvalue weighted by atomic mass is 10.1. The number of hydrogen-bond donors (Lipinski definition) is 3. The summed E-state index contributed by atoms with van der Waals surface area (Å²) < 4.78 is 0.984. The maximum absolute atomic E-state index is 11.3. The van der Waals surface area contributed by atoms with Crippen LogP contribution in [0.3, 0.4) is 0 Å². The van der Waals surface area contributed by atoms with Crippen LogP contribution < -0.4 is 11.1 Å². The predicted octanol–water partition coefficient (Wildman–Crippen LogP) is 4.09. The van der Waals surface area contributed by atoms with E-state index in [2.05, 4.69) is 21.2 Å². The minimum absolute atomic E-state index is 0.159. The van der Waals surface area contributed by atoms with Gasteiger partial charge in [0.05, 0.1) is 16.9 Å². The fourth-order valence-electron chi connectivity index (χ4n) is 2.12. The van der Waals surface area contributed by atoms with Crippen LogP contribution in [0.2, 0.25) is 0 Å². The number of halogens is 1. The average Bonchev–Trinajstić information content (AvgIpc) is 2.34. The fraction of sp³-hybridized carbons (Fsp3) is 0.133. The van der Waals surface area contributed by atoms with Crippen LogP contribution in [0.25, 0.3) is 0 Å². The summed E-state index contributed by atoms with van der Waals surface area (Å²) in [7, 11) is 0. The highest BCUT2D eigenvalue weighted by Gasteiger charge is 2.14. The van der Waals surface area contributed by atoms with Crippen LogP contribution in [0, 0.1) is 13.8 Å². The number of carboxylic acid groups (broad SMARTS) is 1. The number of carbonyl (C=O) groups is 1. The van der Waals surface area contributed by atoms with E-state index in [0.717, 1.165) is 21.3 Å². The molecule has 0 amide bonds. The highest BCUT2D eigenvalue weighted by molar-refractivity contribution is 9.10. The van der Waals surface area contributed by atoms with Gasteiger partial charge in [0.1, 0.15) is 0 Å². The first kappa shape index (κ1) is 14.4. The van der Waals surface area contributed by atoms with E-state index in [0.29, 0.717) is 11.4 Å². The molecule has 4 N–H and O–H groups in total. The van der Waals surface area contributed by atoms with Crippen molar-refractivity contribution in [2.24, 2.45) is 0 Å². The first-order valence-electron chi connectivity index (χ1n) is 6.05. The van der Waals surface area contributed by atoms with Gasteiger partial charge in [-0.1, -0.05) is 22.0 Å². The molecule has 4 nitrogen and oxygen atoms in total. The topological polar surface area (TPSA) is 75.3 Å². The Balaban J connectivity index is 2.53. The number of nitrogens with two attached hydrogens (primary N) is 1. The van der Waals surface area contributed by atoms with Crippen LogP contribution in [-0.4, -0.2) is 11.1 Å². The number of carboxylic acids is 1. The van der Waals surface area contributed by atoms with Crippen LogP contribution in [-0.2, 0) is 0 Å². The van der Waals surface area contributed by atoms with Crippen molar-refractivity contribution in [3.8, 4) is 0 Å². The number of rotatable bonds is 3. The molecule has 0 bridgehead atoms. The zero-order valence-electron chi connectivity index (χ0n) is 11.2. The highest BCUT2D eigenvalue weighted by Crippen LogP contribution is 2.32. The first-order chi connectivity index (χ1) is 9.40. The second kappa shape index (κ2) is 5.54. The molecule has 20 heavy (non-hydrogen) atoms. The van der Waals surface area contributed by atoms with Crippen LogP contribution in [0.15, 0.2) is 34.8 Å². The first-order valence-corrected chi connectivity index (χ1v) is 6.85. The zero-order chi connectivity index (χ0) is 14.9. The monoisotopic (exact) mass is 334 g/mol. The number of nitrogens with one attached hydrogen (secondary N) is 1. The molecule has 0 aliphatic rings. The Morgan fingerprint density at radius 3 is 2.35 bits per heavy atom. The van der Waals surface area contributed by atoms with Gasteiger partial charge in [-0.15, -0.1) is 0 Å². The quantitative estimate of drug-likeness (QED) is 0.739. The molecule has 0 aromatic heterocycles. The lowest BCUT2D eigenvalue weighted by Crippen LogP contribution is -2.07. The van der Waals surface area contributed by atoms with Gasteiger partial charge in [0, 0.05) is 10.2 Å². The Labute approximate surface area is 125 Å². The van der Waals surface area contributed by atoms with Crippen LogP contribution in [0.4, 0.5) is 17.1 Å². The molecule has 0 heterocycles. The van der Waals surface area contributed by atoms with E-state index >= 15 is 0 Å². The van der Waals surface area contributed by atoms with Crippen molar-refractivity contribution in [1.29, 1.82) is 0 Å².